The molecule has 0 aliphatic rings. The highest BCUT2D eigenvalue weighted by atomic mass is 35.5. The van der Waals surface area contributed by atoms with Crippen molar-refractivity contribution in [3.05, 3.63) is 48.0 Å². The fraction of sp³-hybridized carbons (Fsp3) is 0.412. The third-order valence-corrected chi connectivity index (χ3v) is 4.42. The number of hydrogen-bond donors (Lipinski definition) is 0. The normalized spacial score (nSPS) is 14.9. The van der Waals surface area contributed by atoms with Crippen molar-refractivity contribution < 1.29 is 0 Å². The van der Waals surface area contributed by atoms with Gasteiger partial charge in [-0.25, -0.2) is 0 Å². The van der Waals surface area contributed by atoms with E-state index in [1.807, 2.05) is 0 Å². The third kappa shape index (κ3) is 3.05. The number of rotatable bonds is 4. The average molecular weight is 261 g/mol. The van der Waals surface area contributed by atoms with Gasteiger partial charge in [-0.3, -0.25) is 0 Å². The molecule has 0 saturated carbocycles. The summed E-state index contributed by atoms with van der Waals surface area (Å²) in [5.41, 5.74) is 1.33. The predicted molar refractivity (Wildman–Crippen MR) is 81.3 cm³/mol. The zero-order chi connectivity index (χ0) is 13.1. The number of benzene rings is 2. The van der Waals surface area contributed by atoms with Crippen LogP contribution in [0.15, 0.2) is 42.5 Å². The highest BCUT2D eigenvalue weighted by Gasteiger charge is 2.18. The maximum Gasteiger partial charge on any atom is 0.0404 e. The average Bonchev–Trinajstić information content (AvgIpc) is 2.37. The lowest BCUT2D eigenvalue weighted by Crippen LogP contribution is -2.19. The molecule has 0 saturated heterocycles. The molecule has 0 spiro atoms. The lowest BCUT2D eigenvalue weighted by Gasteiger charge is -2.21. The van der Waals surface area contributed by atoms with Gasteiger partial charge < -0.3 is 0 Å². The van der Waals surface area contributed by atoms with Crippen molar-refractivity contribution in [1.29, 1.82) is 0 Å². The molecule has 2 atom stereocenters. The molecule has 2 rings (SSSR count). The molecule has 2 unspecified atom stereocenters. The largest absolute Gasteiger partial charge is 0.122 e. The van der Waals surface area contributed by atoms with E-state index in [1.165, 1.54) is 16.3 Å². The van der Waals surface area contributed by atoms with Gasteiger partial charge >= 0.3 is 0 Å². The van der Waals surface area contributed by atoms with E-state index in [4.69, 9.17) is 11.6 Å². The summed E-state index contributed by atoms with van der Waals surface area (Å²) >= 11 is 6.51. The molecular formula is C17H21Cl. The summed E-state index contributed by atoms with van der Waals surface area (Å²) in [6.07, 6.45) is 0.950. The van der Waals surface area contributed by atoms with Crippen molar-refractivity contribution >= 4 is 22.4 Å². The molecule has 0 fully saturated rings. The van der Waals surface area contributed by atoms with Crippen LogP contribution < -0.4 is 0 Å². The van der Waals surface area contributed by atoms with Gasteiger partial charge in [-0.15, -0.1) is 11.6 Å². The van der Waals surface area contributed by atoms with Crippen LogP contribution in [0.2, 0.25) is 0 Å². The van der Waals surface area contributed by atoms with Gasteiger partial charge in [0, 0.05) is 5.38 Å². The molecule has 0 aliphatic heterocycles. The summed E-state index contributed by atoms with van der Waals surface area (Å²) in [6.45, 7) is 6.71. The minimum Gasteiger partial charge on any atom is -0.122 e. The Morgan fingerprint density at radius 3 is 2.28 bits per heavy atom. The zero-order valence-electron chi connectivity index (χ0n) is 11.4. The lowest BCUT2D eigenvalue weighted by molar-refractivity contribution is 0.399. The van der Waals surface area contributed by atoms with Gasteiger partial charge in [0.2, 0.25) is 0 Å². The van der Waals surface area contributed by atoms with Crippen LogP contribution in [0.3, 0.4) is 0 Å². The molecule has 2 aromatic carbocycles. The van der Waals surface area contributed by atoms with Gasteiger partial charge in [-0.2, -0.15) is 0 Å². The molecule has 0 N–H and O–H groups in total. The Morgan fingerprint density at radius 1 is 0.944 bits per heavy atom. The van der Waals surface area contributed by atoms with Crippen LogP contribution >= 0.6 is 11.6 Å². The van der Waals surface area contributed by atoms with Crippen molar-refractivity contribution in [3.63, 3.8) is 0 Å². The molecular weight excluding hydrogens is 240 g/mol. The van der Waals surface area contributed by atoms with Crippen molar-refractivity contribution in [1.82, 2.24) is 0 Å². The highest BCUT2D eigenvalue weighted by Crippen LogP contribution is 2.24. The van der Waals surface area contributed by atoms with Gasteiger partial charge in [-0.1, -0.05) is 63.2 Å². The Morgan fingerprint density at radius 2 is 1.61 bits per heavy atom. The van der Waals surface area contributed by atoms with Crippen LogP contribution in [0, 0.1) is 11.8 Å². The van der Waals surface area contributed by atoms with Crippen LogP contribution in [0.1, 0.15) is 26.3 Å². The molecule has 0 aromatic heterocycles. The highest BCUT2D eigenvalue weighted by molar-refractivity contribution is 6.20. The summed E-state index contributed by atoms with van der Waals surface area (Å²) in [4.78, 5) is 0. The van der Waals surface area contributed by atoms with Crippen LogP contribution in [-0.2, 0) is 6.42 Å². The Hall–Kier alpha value is -1.01. The van der Waals surface area contributed by atoms with Gasteiger partial charge in [0.1, 0.15) is 0 Å². The maximum absolute atomic E-state index is 6.51. The minimum absolute atomic E-state index is 0.214. The number of hydrogen-bond acceptors (Lipinski definition) is 0. The minimum atomic E-state index is 0.214. The Kier molecular flexibility index (Phi) is 4.29. The Labute approximate surface area is 115 Å². The Balaban J connectivity index is 2.17. The summed E-state index contributed by atoms with van der Waals surface area (Å²) in [5.74, 6) is 1.17. The van der Waals surface area contributed by atoms with E-state index >= 15 is 0 Å². The SMILES string of the molecule is CC(C)C(C)C(Cl)Cc1ccc2ccccc2c1. The molecule has 0 bridgehead atoms. The molecule has 0 nitrogen and oxygen atoms in total. The fourth-order valence-corrected chi connectivity index (χ4v) is 2.66. The maximum atomic E-state index is 6.51. The molecule has 0 radical (unpaired) electrons. The first-order chi connectivity index (χ1) is 8.58. The molecule has 96 valence electrons. The summed E-state index contributed by atoms with van der Waals surface area (Å²) < 4.78 is 0. The van der Waals surface area contributed by atoms with E-state index in [9.17, 15) is 0 Å². The van der Waals surface area contributed by atoms with E-state index in [0.29, 0.717) is 11.8 Å². The second-order valence-electron chi connectivity index (χ2n) is 5.50. The molecule has 2 aromatic rings. The van der Waals surface area contributed by atoms with Crippen LogP contribution in [0.5, 0.6) is 0 Å². The molecule has 18 heavy (non-hydrogen) atoms. The molecule has 0 heterocycles. The molecule has 0 amide bonds. The van der Waals surface area contributed by atoms with E-state index in [-0.39, 0.29) is 5.38 Å². The number of fused-ring (bicyclic) bond motifs is 1. The van der Waals surface area contributed by atoms with Crippen LogP contribution in [0.4, 0.5) is 0 Å². The van der Waals surface area contributed by atoms with Crippen molar-refractivity contribution in [2.75, 3.05) is 0 Å². The number of halogens is 1. The summed E-state index contributed by atoms with van der Waals surface area (Å²) in [7, 11) is 0. The second kappa shape index (κ2) is 5.75. The molecule has 1 heteroatoms. The topological polar surface area (TPSA) is 0 Å². The monoisotopic (exact) mass is 260 g/mol. The summed E-state index contributed by atoms with van der Waals surface area (Å²) in [5, 5.41) is 2.81. The van der Waals surface area contributed by atoms with E-state index in [2.05, 4.69) is 63.2 Å². The van der Waals surface area contributed by atoms with E-state index < -0.39 is 0 Å². The van der Waals surface area contributed by atoms with Crippen LogP contribution in [0.25, 0.3) is 10.8 Å². The zero-order valence-corrected chi connectivity index (χ0v) is 12.1. The van der Waals surface area contributed by atoms with Gasteiger partial charge in [0.25, 0.3) is 0 Å². The quantitative estimate of drug-likeness (QED) is 0.656. The standard InChI is InChI=1S/C17H21Cl/c1-12(2)13(3)17(18)11-14-8-9-15-6-4-5-7-16(15)10-14/h4-10,12-13,17H,11H2,1-3H3. The van der Waals surface area contributed by atoms with Crippen LogP contribution in [-0.4, -0.2) is 5.38 Å². The first kappa shape index (κ1) is 13.4. The smallest absolute Gasteiger partial charge is 0.0404 e. The van der Waals surface area contributed by atoms with Gasteiger partial charge in [0.15, 0.2) is 0 Å². The van der Waals surface area contributed by atoms with Crippen molar-refractivity contribution in [2.24, 2.45) is 11.8 Å². The lowest BCUT2D eigenvalue weighted by atomic mass is 9.90. The van der Waals surface area contributed by atoms with E-state index in [0.717, 1.165) is 6.42 Å². The molecule has 0 aliphatic carbocycles. The predicted octanol–water partition coefficient (Wildman–Crippen LogP) is 5.28. The first-order valence-corrected chi connectivity index (χ1v) is 7.13. The number of alkyl halides is 1. The third-order valence-electron chi connectivity index (χ3n) is 3.87. The van der Waals surface area contributed by atoms with Crippen molar-refractivity contribution in [3.8, 4) is 0 Å². The first-order valence-electron chi connectivity index (χ1n) is 6.69. The Bertz CT molecular complexity index is 516. The summed E-state index contributed by atoms with van der Waals surface area (Å²) in [6, 6.07) is 15.1. The van der Waals surface area contributed by atoms with E-state index in [1.54, 1.807) is 0 Å². The van der Waals surface area contributed by atoms with Gasteiger partial charge in [-0.05, 0) is 34.6 Å². The fourth-order valence-electron chi connectivity index (χ4n) is 2.19. The second-order valence-corrected chi connectivity index (χ2v) is 6.07. The van der Waals surface area contributed by atoms with Gasteiger partial charge in [0.05, 0.1) is 0 Å². The van der Waals surface area contributed by atoms with Crippen molar-refractivity contribution in [2.45, 2.75) is 32.6 Å².